The van der Waals surface area contributed by atoms with Gasteiger partial charge in [-0.1, -0.05) is 54.6 Å². The lowest BCUT2D eigenvalue weighted by atomic mass is 9.65. The number of rotatable bonds is 3. The van der Waals surface area contributed by atoms with Gasteiger partial charge in [0.05, 0.1) is 23.3 Å². The molecule has 2 aliphatic rings. The molecule has 0 aromatic heterocycles. The Morgan fingerprint density at radius 3 is 2.42 bits per heavy atom. The van der Waals surface area contributed by atoms with Gasteiger partial charge in [0.25, 0.3) is 0 Å². The van der Waals surface area contributed by atoms with Crippen molar-refractivity contribution in [3.8, 4) is 0 Å². The predicted molar refractivity (Wildman–Crippen MR) is 99.3 cm³/mol. The SMILES string of the molecule is CCOC(=O)C1=CN=C2c3ccccc3C(=O)C2(C)C1c1ccccc1. The highest BCUT2D eigenvalue weighted by Gasteiger charge is 2.56. The maximum absolute atomic E-state index is 13.4. The first kappa shape index (κ1) is 16.5. The van der Waals surface area contributed by atoms with E-state index in [1.54, 1.807) is 13.1 Å². The van der Waals surface area contributed by atoms with Gasteiger partial charge < -0.3 is 4.74 Å². The summed E-state index contributed by atoms with van der Waals surface area (Å²) in [6.45, 7) is 3.93. The van der Waals surface area contributed by atoms with Gasteiger partial charge >= 0.3 is 5.97 Å². The van der Waals surface area contributed by atoms with Crippen LogP contribution in [0.4, 0.5) is 0 Å². The molecule has 1 aliphatic carbocycles. The highest BCUT2D eigenvalue weighted by molar-refractivity contribution is 6.32. The van der Waals surface area contributed by atoms with Crippen molar-refractivity contribution in [1.29, 1.82) is 0 Å². The lowest BCUT2D eigenvalue weighted by Crippen LogP contribution is -2.41. The molecule has 2 aromatic carbocycles. The number of ether oxygens (including phenoxy) is 1. The van der Waals surface area contributed by atoms with E-state index in [-0.39, 0.29) is 12.4 Å². The summed E-state index contributed by atoms with van der Waals surface area (Å²) in [7, 11) is 0. The third-order valence-electron chi connectivity index (χ3n) is 5.26. The molecule has 2 atom stereocenters. The molecule has 0 bridgehead atoms. The Hall–Kier alpha value is -3.01. The van der Waals surface area contributed by atoms with Crippen LogP contribution < -0.4 is 0 Å². The van der Waals surface area contributed by atoms with Crippen LogP contribution in [0.2, 0.25) is 0 Å². The molecule has 4 rings (SSSR count). The van der Waals surface area contributed by atoms with Crippen LogP contribution in [0.3, 0.4) is 0 Å². The van der Waals surface area contributed by atoms with Crippen LogP contribution >= 0.6 is 0 Å². The molecule has 0 radical (unpaired) electrons. The summed E-state index contributed by atoms with van der Waals surface area (Å²) in [5.74, 6) is -0.861. The first-order chi connectivity index (χ1) is 12.6. The van der Waals surface area contributed by atoms with Gasteiger partial charge in [-0.15, -0.1) is 0 Å². The fourth-order valence-corrected chi connectivity index (χ4v) is 4.09. The second kappa shape index (κ2) is 6.06. The lowest BCUT2D eigenvalue weighted by Gasteiger charge is -2.36. The molecule has 0 N–H and O–H groups in total. The van der Waals surface area contributed by atoms with E-state index in [0.717, 1.165) is 16.8 Å². The minimum absolute atomic E-state index is 0.00407. The molecule has 0 saturated carbocycles. The van der Waals surface area contributed by atoms with Gasteiger partial charge in [-0.25, -0.2) is 4.79 Å². The average molecular weight is 345 g/mol. The molecular weight excluding hydrogens is 326 g/mol. The zero-order valence-electron chi connectivity index (χ0n) is 14.7. The Labute approximate surface area is 152 Å². The van der Waals surface area contributed by atoms with Crippen LogP contribution in [0.5, 0.6) is 0 Å². The third-order valence-corrected chi connectivity index (χ3v) is 5.26. The number of esters is 1. The predicted octanol–water partition coefficient (Wildman–Crippen LogP) is 3.92. The minimum atomic E-state index is -0.929. The summed E-state index contributed by atoms with van der Waals surface area (Å²) in [5, 5.41) is 0. The molecular formula is C22H19NO3. The number of hydrogen-bond acceptors (Lipinski definition) is 4. The molecule has 1 heterocycles. The number of Topliss-reactive ketones (excluding diaryl/α,β-unsaturated/α-hetero) is 1. The van der Waals surface area contributed by atoms with E-state index in [1.807, 2.05) is 61.5 Å². The van der Waals surface area contributed by atoms with Gasteiger partial charge in [0.1, 0.15) is 0 Å². The number of carbonyl (C=O) groups excluding carboxylic acids is 2. The Balaban J connectivity index is 1.95. The highest BCUT2D eigenvalue weighted by Crippen LogP contribution is 2.52. The van der Waals surface area contributed by atoms with Crippen LogP contribution in [-0.2, 0) is 9.53 Å². The van der Waals surface area contributed by atoms with Gasteiger partial charge in [-0.2, -0.15) is 0 Å². The van der Waals surface area contributed by atoms with Crippen LogP contribution in [0, 0.1) is 5.41 Å². The van der Waals surface area contributed by atoms with Gasteiger partial charge in [-0.05, 0) is 19.4 Å². The smallest absolute Gasteiger partial charge is 0.336 e. The number of fused-ring (bicyclic) bond motifs is 3. The number of aliphatic imine (C=N–C) groups is 1. The molecule has 4 heteroatoms. The summed E-state index contributed by atoms with van der Waals surface area (Å²) < 4.78 is 5.25. The van der Waals surface area contributed by atoms with Gasteiger partial charge in [0, 0.05) is 23.2 Å². The number of ketones is 1. The summed E-state index contributed by atoms with van der Waals surface area (Å²) in [6.07, 6.45) is 1.57. The van der Waals surface area contributed by atoms with Crippen molar-refractivity contribution < 1.29 is 14.3 Å². The van der Waals surface area contributed by atoms with Crippen molar-refractivity contribution >= 4 is 17.5 Å². The maximum atomic E-state index is 13.4. The molecule has 1 aliphatic heterocycles. The first-order valence-electron chi connectivity index (χ1n) is 8.73. The molecule has 2 unspecified atom stereocenters. The van der Waals surface area contributed by atoms with E-state index in [0.29, 0.717) is 11.1 Å². The number of benzene rings is 2. The van der Waals surface area contributed by atoms with Crippen LogP contribution in [0.1, 0.15) is 41.3 Å². The molecule has 130 valence electrons. The van der Waals surface area contributed by atoms with E-state index < -0.39 is 17.3 Å². The summed E-state index contributed by atoms with van der Waals surface area (Å²) >= 11 is 0. The fourth-order valence-electron chi connectivity index (χ4n) is 4.09. The summed E-state index contributed by atoms with van der Waals surface area (Å²) in [4.78, 5) is 30.6. The number of hydrogen-bond donors (Lipinski definition) is 0. The zero-order chi connectivity index (χ0) is 18.3. The second-order valence-electron chi connectivity index (χ2n) is 6.70. The van der Waals surface area contributed by atoms with Crippen molar-refractivity contribution in [2.24, 2.45) is 10.4 Å². The Kier molecular flexibility index (Phi) is 3.83. The largest absolute Gasteiger partial charge is 0.463 e. The summed E-state index contributed by atoms with van der Waals surface area (Å²) in [5.41, 5.74) is 2.63. The standard InChI is InChI=1S/C22H19NO3/c1-3-26-21(25)17-13-23-19-15-11-7-8-12-16(15)20(24)22(19,2)18(17)14-9-5-4-6-10-14/h4-13,18H,3H2,1-2H3. The zero-order valence-corrected chi connectivity index (χ0v) is 14.7. The van der Waals surface area contributed by atoms with Crippen LogP contribution in [0.15, 0.2) is 71.4 Å². The average Bonchev–Trinajstić information content (AvgIpc) is 2.90. The van der Waals surface area contributed by atoms with E-state index in [1.165, 1.54) is 0 Å². The Morgan fingerprint density at radius 1 is 1.08 bits per heavy atom. The Bertz CT molecular complexity index is 958. The van der Waals surface area contributed by atoms with Crippen LogP contribution in [-0.4, -0.2) is 24.1 Å². The van der Waals surface area contributed by atoms with Crippen molar-refractivity contribution in [3.05, 3.63) is 83.1 Å². The molecule has 0 spiro atoms. The van der Waals surface area contributed by atoms with Crippen molar-refractivity contribution in [2.75, 3.05) is 6.61 Å². The Morgan fingerprint density at radius 2 is 1.73 bits per heavy atom. The molecule has 2 aromatic rings. The van der Waals surface area contributed by atoms with Crippen LogP contribution in [0.25, 0.3) is 0 Å². The number of nitrogens with zero attached hydrogens (tertiary/aromatic N) is 1. The van der Waals surface area contributed by atoms with Gasteiger partial charge in [0.15, 0.2) is 5.78 Å². The van der Waals surface area contributed by atoms with Gasteiger partial charge in [-0.3, -0.25) is 9.79 Å². The fraction of sp³-hybridized carbons (Fsp3) is 0.227. The summed E-state index contributed by atoms with van der Waals surface area (Å²) in [6, 6.07) is 17.2. The van der Waals surface area contributed by atoms with E-state index in [2.05, 4.69) is 4.99 Å². The van der Waals surface area contributed by atoms with E-state index >= 15 is 0 Å². The van der Waals surface area contributed by atoms with Crippen molar-refractivity contribution in [3.63, 3.8) is 0 Å². The lowest BCUT2D eigenvalue weighted by molar-refractivity contribution is -0.139. The topological polar surface area (TPSA) is 55.7 Å². The number of carbonyl (C=O) groups is 2. The first-order valence-corrected chi connectivity index (χ1v) is 8.73. The normalized spacial score (nSPS) is 23.6. The van der Waals surface area contributed by atoms with Crippen molar-refractivity contribution in [2.45, 2.75) is 19.8 Å². The molecule has 4 nitrogen and oxygen atoms in total. The highest BCUT2D eigenvalue weighted by atomic mass is 16.5. The minimum Gasteiger partial charge on any atom is -0.463 e. The van der Waals surface area contributed by atoms with Gasteiger partial charge in [0.2, 0.25) is 0 Å². The quantitative estimate of drug-likeness (QED) is 0.792. The maximum Gasteiger partial charge on any atom is 0.336 e. The monoisotopic (exact) mass is 345 g/mol. The van der Waals surface area contributed by atoms with E-state index in [4.69, 9.17) is 4.74 Å². The second-order valence-corrected chi connectivity index (χ2v) is 6.70. The van der Waals surface area contributed by atoms with Crippen molar-refractivity contribution in [1.82, 2.24) is 0 Å². The van der Waals surface area contributed by atoms with E-state index in [9.17, 15) is 9.59 Å². The molecule has 26 heavy (non-hydrogen) atoms. The molecule has 0 saturated heterocycles. The molecule has 0 fully saturated rings. The molecule has 0 amide bonds. The third kappa shape index (κ3) is 2.18.